The van der Waals surface area contributed by atoms with E-state index >= 15 is 0 Å². The molecule has 2 aromatic heterocycles. The standard InChI is InChI=1S/C20H27N5S/c1-5-21-20(25(4)12-16-13-26-15(3)24-16)22-11-10-17-14(2)23-19-9-7-6-8-18(17)19/h6-9,13,23H,5,10-12H2,1-4H3,(H,21,22). The molecule has 0 unspecified atom stereocenters. The van der Waals surface area contributed by atoms with E-state index in [0.717, 1.165) is 42.7 Å². The smallest absolute Gasteiger partial charge is 0.194 e. The number of guanidine groups is 1. The summed E-state index contributed by atoms with van der Waals surface area (Å²) in [6, 6.07) is 8.47. The molecule has 1 aromatic carbocycles. The summed E-state index contributed by atoms with van der Waals surface area (Å²) in [6.45, 7) is 8.65. The molecule has 26 heavy (non-hydrogen) atoms. The Hall–Kier alpha value is -2.34. The van der Waals surface area contributed by atoms with Crippen LogP contribution in [0.1, 0.15) is 28.9 Å². The number of nitrogens with zero attached hydrogens (tertiary/aromatic N) is 3. The number of thiazole rings is 1. The number of H-pyrrole nitrogens is 1. The number of fused-ring (bicyclic) bond motifs is 1. The number of aromatic nitrogens is 2. The molecule has 0 bridgehead atoms. The highest BCUT2D eigenvalue weighted by Crippen LogP contribution is 2.22. The number of rotatable bonds is 6. The first-order valence-electron chi connectivity index (χ1n) is 9.05. The van der Waals surface area contributed by atoms with Crippen LogP contribution in [0.2, 0.25) is 0 Å². The Morgan fingerprint density at radius 2 is 2.12 bits per heavy atom. The van der Waals surface area contributed by atoms with Gasteiger partial charge in [0.1, 0.15) is 0 Å². The summed E-state index contributed by atoms with van der Waals surface area (Å²) in [5, 5.41) is 7.91. The van der Waals surface area contributed by atoms with Crippen molar-refractivity contribution < 1.29 is 0 Å². The average Bonchev–Trinajstić information content (AvgIpc) is 3.16. The van der Waals surface area contributed by atoms with Gasteiger partial charge in [0.2, 0.25) is 0 Å². The van der Waals surface area contributed by atoms with Crippen LogP contribution >= 0.6 is 11.3 Å². The first kappa shape index (κ1) is 18.5. The van der Waals surface area contributed by atoms with Gasteiger partial charge in [0, 0.05) is 42.1 Å². The van der Waals surface area contributed by atoms with Crippen LogP contribution in [0.25, 0.3) is 10.9 Å². The van der Waals surface area contributed by atoms with E-state index in [1.54, 1.807) is 11.3 Å². The van der Waals surface area contributed by atoms with Crippen LogP contribution in [0.15, 0.2) is 34.6 Å². The van der Waals surface area contributed by atoms with E-state index in [9.17, 15) is 0 Å². The third kappa shape index (κ3) is 4.25. The Kier molecular flexibility index (Phi) is 5.93. The van der Waals surface area contributed by atoms with E-state index in [-0.39, 0.29) is 0 Å². The number of aromatic amines is 1. The van der Waals surface area contributed by atoms with Gasteiger partial charge in [-0.05, 0) is 38.8 Å². The van der Waals surface area contributed by atoms with Gasteiger partial charge in [0.25, 0.3) is 0 Å². The molecule has 0 aliphatic rings. The summed E-state index contributed by atoms with van der Waals surface area (Å²) in [4.78, 5) is 15.0. The fourth-order valence-corrected chi connectivity index (χ4v) is 3.80. The molecule has 2 heterocycles. The van der Waals surface area contributed by atoms with Crippen LogP contribution in [-0.2, 0) is 13.0 Å². The van der Waals surface area contributed by atoms with Gasteiger partial charge >= 0.3 is 0 Å². The molecular weight excluding hydrogens is 342 g/mol. The maximum absolute atomic E-state index is 4.83. The number of para-hydroxylation sites is 1. The number of benzene rings is 1. The molecule has 0 saturated heterocycles. The van der Waals surface area contributed by atoms with Crippen molar-refractivity contribution in [3.63, 3.8) is 0 Å². The van der Waals surface area contributed by atoms with Crippen molar-refractivity contribution in [1.29, 1.82) is 0 Å². The Labute approximate surface area is 159 Å². The van der Waals surface area contributed by atoms with Gasteiger partial charge in [-0.25, -0.2) is 4.98 Å². The number of aliphatic imine (C=N–C) groups is 1. The van der Waals surface area contributed by atoms with E-state index in [1.807, 2.05) is 6.92 Å². The molecule has 0 radical (unpaired) electrons. The molecule has 0 amide bonds. The van der Waals surface area contributed by atoms with Crippen LogP contribution in [0.5, 0.6) is 0 Å². The zero-order chi connectivity index (χ0) is 18.5. The largest absolute Gasteiger partial charge is 0.358 e. The zero-order valence-corrected chi connectivity index (χ0v) is 16.8. The van der Waals surface area contributed by atoms with Crippen molar-refractivity contribution in [3.8, 4) is 0 Å². The van der Waals surface area contributed by atoms with E-state index in [1.165, 1.54) is 22.2 Å². The minimum absolute atomic E-state index is 0.755. The minimum Gasteiger partial charge on any atom is -0.358 e. The summed E-state index contributed by atoms with van der Waals surface area (Å²) in [5.41, 5.74) is 4.88. The molecule has 0 fully saturated rings. The third-order valence-electron chi connectivity index (χ3n) is 4.41. The predicted molar refractivity (Wildman–Crippen MR) is 111 cm³/mol. The van der Waals surface area contributed by atoms with Crippen molar-refractivity contribution in [2.45, 2.75) is 33.7 Å². The van der Waals surface area contributed by atoms with Gasteiger partial charge in [0.15, 0.2) is 5.96 Å². The monoisotopic (exact) mass is 369 g/mol. The Morgan fingerprint density at radius 1 is 1.31 bits per heavy atom. The lowest BCUT2D eigenvalue weighted by Gasteiger charge is -2.21. The molecule has 0 saturated carbocycles. The SMILES string of the molecule is CCNC(=NCCc1c(C)[nH]c2ccccc12)N(C)Cc1csc(C)n1. The first-order valence-corrected chi connectivity index (χ1v) is 9.93. The molecule has 0 aliphatic carbocycles. The summed E-state index contributed by atoms with van der Waals surface area (Å²) in [7, 11) is 2.06. The number of aryl methyl sites for hydroxylation is 2. The van der Waals surface area contributed by atoms with Crippen LogP contribution in [-0.4, -0.2) is 41.0 Å². The van der Waals surface area contributed by atoms with Gasteiger partial charge in [-0.1, -0.05) is 18.2 Å². The maximum Gasteiger partial charge on any atom is 0.194 e. The lowest BCUT2D eigenvalue weighted by Crippen LogP contribution is -2.38. The van der Waals surface area contributed by atoms with E-state index in [4.69, 9.17) is 4.99 Å². The van der Waals surface area contributed by atoms with Crippen molar-refractivity contribution in [2.24, 2.45) is 4.99 Å². The second-order valence-electron chi connectivity index (χ2n) is 6.47. The molecule has 0 aliphatic heterocycles. The van der Waals surface area contributed by atoms with Gasteiger partial charge in [0.05, 0.1) is 17.2 Å². The second-order valence-corrected chi connectivity index (χ2v) is 7.54. The predicted octanol–water partition coefficient (Wildman–Crippen LogP) is 3.88. The van der Waals surface area contributed by atoms with Gasteiger partial charge in [-0.3, -0.25) is 4.99 Å². The molecule has 3 rings (SSSR count). The third-order valence-corrected chi connectivity index (χ3v) is 5.23. The van der Waals surface area contributed by atoms with Crippen LogP contribution in [0.4, 0.5) is 0 Å². The van der Waals surface area contributed by atoms with Gasteiger partial charge in [-0.15, -0.1) is 11.3 Å². The Balaban J connectivity index is 1.69. The fourth-order valence-electron chi connectivity index (χ4n) is 3.20. The van der Waals surface area contributed by atoms with E-state index < -0.39 is 0 Å². The summed E-state index contributed by atoms with van der Waals surface area (Å²) in [6.07, 6.45) is 0.925. The minimum atomic E-state index is 0.755. The quantitative estimate of drug-likeness (QED) is 0.512. The molecular formula is C20H27N5S. The number of hydrogen-bond acceptors (Lipinski definition) is 3. The molecule has 2 N–H and O–H groups in total. The van der Waals surface area contributed by atoms with Gasteiger partial charge < -0.3 is 15.2 Å². The summed E-state index contributed by atoms with van der Waals surface area (Å²) in [5.74, 6) is 0.927. The van der Waals surface area contributed by atoms with Crippen molar-refractivity contribution in [2.75, 3.05) is 20.1 Å². The van der Waals surface area contributed by atoms with Crippen LogP contribution in [0.3, 0.4) is 0 Å². The van der Waals surface area contributed by atoms with Crippen molar-refractivity contribution in [3.05, 3.63) is 51.6 Å². The highest BCUT2D eigenvalue weighted by molar-refractivity contribution is 7.09. The topological polar surface area (TPSA) is 56.3 Å². The van der Waals surface area contributed by atoms with Gasteiger partial charge in [-0.2, -0.15) is 0 Å². The van der Waals surface area contributed by atoms with Crippen LogP contribution < -0.4 is 5.32 Å². The molecule has 0 atom stereocenters. The zero-order valence-electron chi connectivity index (χ0n) is 16.0. The highest BCUT2D eigenvalue weighted by Gasteiger charge is 2.10. The maximum atomic E-state index is 4.83. The summed E-state index contributed by atoms with van der Waals surface area (Å²) >= 11 is 1.69. The average molecular weight is 370 g/mol. The number of nitrogens with one attached hydrogen (secondary N) is 2. The van der Waals surface area contributed by atoms with Crippen molar-refractivity contribution in [1.82, 2.24) is 20.2 Å². The van der Waals surface area contributed by atoms with E-state index in [0.29, 0.717) is 0 Å². The highest BCUT2D eigenvalue weighted by atomic mass is 32.1. The number of hydrogen-bond donors (Lipinski definition) is 2. The molecule has 0 spiro atoms. The van der Waals surface area contributed by atoms with Crippen molar-refractivity contribution >= 4 is 28.2 Å². The normalized spacial score (nSPS) is 11.9. The van der Waals surface area contributed by atoms with E-state index in [2.05, 4.69) is 70.7 Å². The lowest BCUT2D eigenvalue weighted by molar-refractivity contribution is 0.471. The molecule has 3 aromatic rings. The Bertz CT molecular complexity index is 893. The summed E-state index contributed by atoms with van der Waals surface area (Å²) < 4.78 is 0. The van der Waals surface area contributed by atoms with Crippen LogP contribution in [0, 0.1) is 13.8 Å². The fraction of sp³-hybridized carbons (Fsp3) is 0.400. The molecule has 138 valence electrons. The molecule has 6 heteroatoms. The first-order chi connectivity index (χ1) is 12.6. The molecule has 5 nitrogen and oxygen atoms in total. The second kappa shape index (κ2) is 8.36. The Morgan fingerprint density at radius 3 is 2.85 bits per heavy atom. The lowest BCUT2D eigenvalue weighted by atomic mass is 10.1.